The molecule has 72 valence electrons. The number of aromatic hydroxyl groups is 1. The summed E-state index contributed by atoms with van der Waals surface area (Å²) in [6.07, 6.45) is 0. The van der Waals surface area contributed by atoms with Gasteiger partial charge in [0.15, 0.2) is 0 Å². The molecule has 0 bridgehead atoms. The molecule has 0 saturated carbocycles. The van der Waals surface area contributed by atoms with Gasteiger partial charge in [0, 0.05) is 26.2 Å². The number of rotatable bonds is 1. The van der Waals surface area contributed by atoms with Crippen LogP contribution in [0.4, 0.5) is 0 Å². The van der Waals surface area contributed by atoms with E-state index in [1.54, 1.807) is 6.07 Å². The molecule has 13 heavy (non-hydrogen) atoms. The Morgan fingerprint density at radius 3 is 2.15 bits per heavy atom. The van der Waals surface area contributed by atoms with Crippen molar-refractivity contribution >= 4 is 12.4 Å². The molecule has 0 fully saturated rings. The summed E-state index contributed by atoms with van der Waals surface area (Å²) in [4.78, 5) is 0. The second-order valence-electron chi connectivity index (χ2n) is 3.22. The number of benzene rings is 1. The van der Waals surface area contributed by atoms with E-state index in [1.807, 2.05) is 19.1 Å². The van der Waals surface area contributed by atoms with Crippen molar-refractivity contribution in [3.05, 3.63) is 29.3 Å². The third-order valence-corrected chi connectivity index (χ3v) is 1.81. The first-order valence-electron chi connectivity index (χ1n) is 3.91. The Bertz CT molecular complexity index is 261. The zero-order chi connectivity index (χ0) is 8.43. The maximum absolute atomic E-state index is 9.46. The molecule has 0 unspecified atom stereocenters. The number of phenolic OH excluding ortho intramolecular Hbond substituents is 1. The van der Waals surface area contributed by atoms with Crippen molar-refractivity contribution in [1.29, 1.82) is 0 Å². The molecule has 0 saturated heterocycles. The fourth-order valence-corrected chi connectivity index (χ4v) is 1.14. The molecular formula is C10H15ClOZr. The average molecular weight is 278 g/mol. The largest absolute Gasteiger partial charge is 0.508 e. The van der Waals surface area contributed by atoms with E-state index in [2.05, 4.69) is 13.8 Å². The summed E-state index contributed by atoms with van der Waals surface area (Å²) in [6.45, 7) is 6.12. The van der Waals surface area contributed by atoms with E-state index < -0.39 is 0 Å². The molecule has 1 aromatic rings. The molecular weight excluding hydrogens is 263 g/mol. The van der Waals surface area contributed by atoms with E-state index in [0.717, 1.165) is 11.1 Å². The third-order valence-electron chi connectivity index (χ3n) is 1.81. The van der Waals surface area contributed by atoms with Crippen LogP contribution in [0.15, 0.2) is 18.2 Å². The minimum Gasteiger partial charge on any atom is -0.508 e. The summed E-state index contributed by atoms with van der Waals surface area (Å²) in [7, 11) is 0. The van der Waals surface area contributed by atoms with Gasteiger partial charge in [-0.15, -0.1) is 12.4 Å². The van der Waals surface area contributed by atoms with Crippen LogP contribution in [0.5, 0.6) is 5.75 Å². The molecule has 1 nitrogen and oxygen atoms in total. The molecule has 0 heterocycles. The number of phenols is 1. The molecule has 0 atom stereocenters. The van der Waals surface area contributed by atoms with Gasteiger partial charge >= 0.3 is 0 Å². The minimum atomic E-state index is 0. The zero-order valence-electron chi connectivity index (χ0n) is 8.16. The van der Waals surface area contributed by atoms with Crippen LogP contribution in [0.2, 0.25) is 0 Å². The van der Waals surface area contributed by atoms with Crippen LogP contribution in [0, 0.1) is 6.92 Å². The van der Waals surface area contributed by atoms with Crippen molar-refractivity contribution in [3.63, 3.8) is 0 Å². The quantitative estimate of drug-likeness (QED) is 0.836. The van der Waals surface area contributed by atoms with Crippen molar-refractivity contribution in [3.8, 4) is 5.75 Å². The molecule has 3 heteroatoms. The third kappa shape index (κ3) is 4.29. The van der Waals surface area contributed by atoms with E-state index in [4.69, 9.17) is 0 Å². The summed E-state index contributed by atoms with van der Waals surface area (Å²) < 4.78 is 0. The maximum atomic E-state index is 9.46. The Labute approximate surface area is 105 Å². The van der Waals surface area contributed by atoms with Gasteiger partial charge in [-0.1, -0.05) is 26.0 Å². The Hall–Kier alpha value is 0.193. The molecule has 0 aliphatic carbocycles. The van der Waals surface area contributed by atoms with Crippen LogP contribution in [-0.2, 0) is 26.2 Å². The first-order valence-corrected chi connectivity index (χ1v) is 3.91. The van der Waals surface area contributed by atoms with E-state index in [9.17, 15) is 5.11 Å². The van der Waals surface area contributed by atoms with Gasteiger partial charge in [-0.3, -0.25) is 0 Å². The minimum absolute atomic E-state index is 0. The van der Waals surface area contributed by atoms with Gasteiger partial charge in [0.2, 0.25) is 0 Å². The fraction of sp³-hybridized carbons (Fsp3) is 0.400. The van der Waals surface area contributed by atoms with Crippen LogP contribution in [0.3, 0.4) is 0 Å². The fourth-order valence-electron chi connectivity index (χ4n) is 1.14. The first kappa shape index (κ1) is 15.7. The summed E-state index contributed by atoms with van der Waals surface area (Å²) in [5.74, 6) is 0.815. The van der Waals surface area contributed by atoms with Gasteiger partial charge in [-0.05, 0) is 30.0 Å². The molecule has 0 amide bonds. The van der Waals surface area contributed by atoms with Crippen molar-refractivity contribution in [2.45, 2.75) is 26.7 Å². The summed E-state index contributed by atoms with van der Waals surface area (Å²) in [5.41, 5.74) is 2.13. The van der Waals surface area contributed by atoms with Crippen molar-refractivity contribution < 1.29 is 31.3 Å². The number of halogens is 1. The monoisotopic (exact) mass is 276 g/mol. The molecule has 0 radical (unpaired) electrons. The topological polar surface area (TPSA) is 20.2 Å². The molecule has 0 spiro atoms. The van der Waals surface area contributed by atoms with E-state index in [1.165, 1.54) is 0 Å². The summed E-state index contributed by atoms with van der Waals surface area (Å²) in [5, 5.41) is 9.46. The Balaban J connectivity index is 0. The first-order chi connectivity index (χ1) is 5.11. The Kier molecular flexibility index (Phi) is 7.97. The predicted octanol–water partition coefficient (Wildman–Crippen LogP) is 3.24. The molecule has 0 aliphatic heterocycles. The van der Waals surface area contributed by atoms with Gasteiger partial charge < -0.3 is 5.11 Å². The SMILES string of the molecule is Cc1ccc(C(C)C)c(O)c1.Cl.[Zr]. The van der Waals surface area contributed by atoms with Gasteiger partial charge in [0.25, 0.3) is 0 Å². The number of hydrogen-bond acceptors (Lipinski definition) is 1. The number of hydrogen-bond donors (Lipinski definition) is 1. The molecule has 1 N–H and O–H groups in total. The molecule has 1 rings (SSSR count). The maximum Gasteiger partial charge on any atom is 0.119 e. The van der Waals surface area contributed by atoms with Crippen molar-refractivity contribution in [2.75, 3.05) is 0 Å². The smallest absolute Gasteiger partial charge is 0.119 e. The van der Waals surface area contributed by atoms with Crippen LogP contribution < -0.4 is 0 Å². The van der Waals surface area contributed by atoms with Crippen LogP contribution >= 0.6 is 12.4 Å². The van der Waals surface area contributed by atoms with Crippen molar-refractivity contribution in [2.24, 2.45) is 0 Å². The Morgan fingerprint density at radius 2 is 1.77 bits per heavy atom. The summed E-state index contributed by atoms with van der Waals surface area (Å²) in [6, 6.07) is 5.81. The van der Waals surface area contributed by atoms with Crippen molar-refractivity contribution in [1.82, 2.24) is 0 Å². The van der Waals surface area contributed by atoms with Gasteiger partial charge in [0.1, 0.15) is 5.75 Å². The molecule has 0 aliphatic rings. The van der Waals surface area contributed by atoms with E-state index >= 15 is 0 Å². The van der Waals surface area contributed by atoms with Gasteiger partial charge in [-0.25, -0.2) is 0 Å². The van der Waals surface area contributed by atoms with Gasteiger partial charge in [0.05, 0.1) is 0 Å². The van der Waals surface area contributed by atoms with Crippen LogP contribution in [0.25, 0.3) is 0 Å². The van der Waals surface area contributed by atoms with Crippen LogP contribution in [-0.4, -0.2) is 5.11 Å². The predicted molar refractivity (Wildman–Crippen MR) is 54.2 cm³/mol. The Morgan fingerprint density at radius 1 is 1.23 bits per heavy atom. The second kappa shape index (κ2) is 6.62. The molecule has 1 aromatic carbocycles. The van der Waals surface area contributed by atoms with E-state index in [0.29, 0.717) is 11.7 Å². The zero-order valence-corrected chi connectivity index (χ0v) is 11.4. The number of aryl methyl sites for hydroxylation is 1. The van der Waals surface area contributed by atoms with Gasteiger partial charge in [-0.2, -0.15) is 0 Å². The summed E-state index contributed by atoms with van der Waals surface area (Å²) >= 11 is 0. The average Bonchev–Trinajstić information content (AvgIpc) is 1.85. The molecule has 0 aromatic heterocycles. The van der Waals surface area contributed by atoms with E-state index in [-0.39, 0.29) is 38.6 Å². The standard InChI is InChI=1S/C10H14O.ClH.Zr/c1-7(2)9-5-4-8(3)6-10(9)11;;/h4-7,11H,1-3H3;1H;. The normalized spacial score (nSPS) is 8.92. The van der Waals surface area contributed by atoms with Crippen LogP contribution in [0.1, 0.15) is 30.9 Å². The second-order valence-corrected chi connectivity index (χ2v) is 3.22.